The number of hydrogen-bond donors (Lipinski definition) is 1. The smallest absolute Gasteiger partial charge is 0.0901 e. The van der Waals surface area contributed by atoms with Crippen molar-refractivity contribution >= 4 is 17.0 Å². The Morgan fingerprint density at radius 3 is 2.16 bits per heavy atom. The highest BCUT2D eigenvalue weighted by Gasteiger charge is 2.12. The Balaban J connectivity index is 2.10. The summed E-state index contributed by atoms with van der Waals surface area (Å²) in [6.07, 6.45) is 0. The van der Waals surface area contributed by atoms with Crippen LogP contribution in [0.1, 0.15) is 53.9 Å². The molecule has 1 aromatic heterocycles. The van der Waals surface area contributed by atoms with Crippen molar-refractivity contribution in [3.63, 3.8) is 0 Å². The van der Waals surface area contributed by atoms with Crippen LogP contribution in [-0.2, 0) is 0 Å². The van der Waals surface area contributed by atoms with Gasteiger partial charge in [-0.15, -0.1) is 11.3 Å². The molecule has 1 unspecified atom stereocenters. The maximum atomic E-state index is 4.61. The van der Waals surface area contributed by atoms with E-state index in [1.807, 2.05) is 0 Å². The van der Waals surface area contributed by atoms with Crippen molar-refractivity contribution in [2.75, 3.05) is 5.32 Å². The number of thiazole rings is 1. The van der Waals surface area contributed by atoms with Gasteiger partial charge in [0.2, 0.25) is 0 Å². The molecule has 1 heterocycles. The first-order valence-corrected chi connectivity index (χ1v) is 7.59. The van der Waals surface area contributed by atoms with Gasteiger partial charge in [0, 0.05) is 10.6 Å². The van der Waals surface area contributed by atoms with Crippen molar-refractivity contribution in [3.05, 3.63) is 45.4 Å². The number of nitrogens with one attached hydrogen (secondary N) is 1. The third-order valence-electron chi connectivity index (χ3n) is 3.31. The molecule has 0 fully saturated rings. The summed E-state index contributed by atoms with van der Waals surface area (Å²) in [5.74, 6) is 0.579. The van der Waals surface area contributed by atoms with Crippen molar-refractivity contribution in [1.29, 1.82) is 0 Å². The Labute approximate surface area is 119 Å². The normalized spacial score (nSPS) is 12.7. The molecule has 0 spiro atoms. The van der Waals surface area contributed by atoms with Gasteiger partial charge in [-0.25, -0.2) is 4.98 Å². The summed E-state index contributed by atoms with van der Waals surface area (Å²) < 4.78 is 0. The molecule has 0 amide bonds. The van der Waals surface area contributed by atoms with Crippen LogP contribution in [0.15, 0.2) is 24.3 Å². The molecule has 1 N–H and O–H groups in total. The first-order valence-electron chi connectivity index (χ1n) is 6.77. The molecular weight excluding hydrogens is 252 g/mol. The van der Waals surface area contributed by atoms with Crippen LogP contribution in [0.25, 0.3) is 0 Å². The number of rotatable bonds is 4. The average molecular weight is 274 g/mol. The van der Waals surface area contributed by atoms with Gasteiger partial charge in [0.15, 0.2) is 0 Å². The highest BCUT2D eigenvalue weighted by molar-refractivity contribution is 7.11. The van der Waals surface area contributed by atoms with Gasteiger partial charge in [-0.1, -0.05) is 26.0 Å². The van der Waals surface area contributed by atoms with Crippen LogP contribution in [0.4, 0.5) is 5.69 Å². The van der Waals surface area contributed by atoms with Crippen LogP contribution in [0.3, 0.4) is 0 Å². The molecule has 0 radical (unpaired) electrons. The number of anilines is 1. The molecule has 0 bridgehead atoms. The molecule has 102 valence electrons. The van der Waals surface area contributed by atoms with Crippen molar-refractivity contribution in [3.8, 4) is 0 Å². The summed E-state index contributed by atoms with van der Waals surface area (Å²) >= 11 is 1.76. The van der Waals surface area contributed by atoms with Crippen LogP contribution in [0.5, 0.6) is 0 Å². The minimum absolute atomic E-state index is 0.245. The summed E-state index contributed by atoms with van der Waals surface area (Å²) in [5.41, 5.74) is 3.69. The third-order valence-corrected chi connectivity index (χ3v) is 4.21. The highest BCUT2D eigenvalue weighted by Crippen LogP contribution is 2.26. The molecule has 0 aliphatic rings. The van der Waals surface area contributed by atoms with E-state index in [2.05, 4.69) is 69.2 Å². The first-order chi connectivity index (χ1) is 8.97. The molecule has 19 heavy (non-hydrogen) atoms. The lowest BCUT2D eigenvalue weighted by Gasteiger charge is -2.15. The van der Waals surface area contributed by atoms with Crippen LogP contribution in [0.2, 0.25) is 0 Å². The first kappa shape index (κ1) is 14.1. The monoisotopic (exact) mass is 274 g/mol. The second-order valence-corrected chi connectivity index (χ2v) is 6.72. The molecule has 2 nitrogen and oxygen atoms in total. The standard InChI is InChI=1S/C16H22N2S/c1-10(2)14-6-8-15(9-7-14)17-11(3)16-12(4)19-13(5)18-16/h6-11,17H,1-5H3. The Kier molecular flexibility index (Phi) is 4.25. The minimum Gasteiger partial charge on any atom is -0.377 e. The molecule has 0 aliphatic carbocycles. The Hall–Kier alpha value is -1.35. The van der Waals surface area contributed by atoms with Crippen molar-refractivity contribution < 1.29 is 0 Å². The maximum absolute atomic E-state index is 4.61. The van der Waals surface area contributed by atoms with Gasteiger partial charge in [-0.3, -0.25) is 0 Å². The fourth-order valence-corrected chi connectivity index (χ4v) is 3.14. The predicted molar refractivity (Wildman–Crippen MR) is 84.2 cm³/mol. The third kappa shape index (κ3) is 3.35. The van der Waals surface area contributed by atoms with Gasteiger partial charge in [-0.05, 0) is 44.4 Å². The number of aryl methyl sites for hydroxylation is 2. The second kappa shape index (κ2) is 5.74. The zero-order valence-corrected chi connectivity index (χ0v) is 13.1. The SMILES string of the molecule is Cc1nc(C(C)Nc2ccc(C(C)C)cc2)c(C)s1. The molecule has 0 saturated carbocycles. The molecule has 1 aromatic carbocycles. The Morgan fingerprint density at radius 2 is 1.68 bits per heavy atom. The molecule has 2 aromatic rings. The topological polar surface area (TPSA) is 24.9 Å². The van der Waals surface area contributed by atoms with E-state index in [-0.39, 0.29) is 6.04 Å². The van der Waals surface area contributed by atoms with Gasteiger partial charge < -0.3 is 5.32 Å². The lowest BCUT2D eigenvalue weighted by molar-refractivity contribution is 0.835. The van der Waals surface area contributed by atoms with E-state index in [1.165, 1.54) is 10.4 Å². The van der Waals surface area contributed by atoms with E-state index in [9.17, 15) is 0 Å². The van der Waals surface area contributed by atoms with Gasteiger partial charge in [0.05, 0.1) is 16.7 Å². The molecule has 0 saturated heterocycles. The van der Waals surface area contributed by atoms with Gasteiger partial charge in [-0.2, -0.15) is 0 Å². The fraction of sp³-hybridized carbons (Fsp3) is 0.438. The van der Waals surface area contributed by atoms with Gasteiger partial charge in [0.1, 0.15) is 0 Å². The summed E-state index contributed by atoms with van der Waals surface area (Å²) in [4.78, 5) is 5.91. The van der Waals surface area contributed by atoms with E-state index in [1.54, 1.807) is 11.3 Å². The lowest BCUT2D eigenvalue weighted by Crippen LogP contribution is -2.08. The van der Waals surface area contributed by atoms with E-state index >= 15 is 0 Å². The maximum Gasteiger partial charge on any atom is 0.0901 e. The van der Waals surface area contributed by atoms with Crippen molar-refractivity contribution in [2.24, 2.45) is 0 Å². The molecule has 0 aliphatic heterocycles. The van der Waals surface area contributed by atoms with Crippen LogP contribution in [0, 0.1) is 13.8 Å². The average Bonchev–Trinajstić information content (AvgIpc) is 2.69. The molecule has 3 heteroatoms. The number of nitrogens with zero attached hydrogens (tertiary/aromatic N) is 1. The zero-order valence-electron chi connectivity index (χ0n) is 12.3. The fourth-order valence-electron chi connectivity index (χ4n) is 2.23. The minimum atomic E-state index is 0.245. The van der Waals surface area contributed by atoms with Gasteiger partial charge in [0.25, 0.3) is 0 Å². The van der Waals surface area contributed by atoms with E-state index < -0.39 is 0 Å². The number of aromatic nitrogens is 1. The molecule has 1 atom stereocenters. The molecular formula is C16H22N2S. The number of benzene rings is 1. The van der Waals surface area contributed by atoms with Crippen LogP contribution < -0.4 is 5.32 Å². The van der Waals surface area contributed by atoms with Crippen molar-refractivity contribution in [1.82, 2.24) is 4.98 Å². The van der Waals surface area contributed by atoms with E-state index in [0.717, 1.165) is 16.4 Å². The predicted octanol–water partition coefficient (Wildman–Crippen LogP) is 5.06. The lowest BCUT2D eigenvalue weighted by atomic mass is 10.0. The quantitative estimate of drug-likeness (QED) is 0.843. The zero-order chi connectivity index (χ0) is 14.0. The summed E-state index contributed by atoms with van der Waals surface area (Å²) in [5, 5.41) is 4.66. The van der Waals surface area contributed by atoms with Crippen molar-refractivity contribution in [2.45, 2.75) is 46.6 Å². The Bertz CT molecular complexity index is 540. The summed E-state index contributed by atoms with van der Waals surface area (Å²) in [6.45, 7) is 10.8. The Morgan fingerprint density at radius 1 is 1.05 bits per heavy atom. The van der Waals surface area contributed by atoms with Crippen LogP contribution in [-0.4, -0.2) is 4.98 Å². The van der Waals surface area contributed by atoms with Crippen LogP contribution >= 0.6 is 11.3 Å². The largest absolute Gasteiger partial charge is 0.377 e. The summed E-state index contributed by atoms with van der Waals surface area (Å²) in [6, 6.07) is 8.94. The number of hydrogen-bond acceptors (Lipinski definition) is 3. The summed E-state index contributed by atoms with van der Waals surface area (Å²) in [7, 11) is 0. The highest BCUT2D eigenvalue weighted by atomic mass is 32.1. The molecule has 2 rings (SSSR count). The second-order valence-electron chi connectivity index (χ2n) is 5.32. The van der Waals surface area contributed by atoms with Gasteiger partial charge >= 0.3 is 0 Å². The van der Waals surface area contributed by atoms with E-state index in [0.29, 0.717) is 5.92 Å². The van der Waals surface area contributed by atoms with E-state index in [4.69, 9.17) is 0 Å².